The maximum Gasteiger partial charge on any atom is 0.356 e. The van der Waals surface area contributed by atoms with Crippen LogP contribution in [-0.4, -0.2) is 62.8 Å². The number of aromatic amines is 1. The molecule has 0 aliphatic heterocycles. The summed E-state index contributed by atoms with van der Waals surface area (Å²) >= 11 is 0. The predicted molar refractivity (Wildman–Crippen MR) is 117 cm³/mol. The van der Waals surface area contributed by atoms with Gasteiger partial charge in [0.05, 0.1) is 21.1 Å². The van der Waals surface area contributed by atoms with Crippen molar-refractivity contribution in [1.29, 1.82) is 0 Å². The van der Waals surface area contributed by atoms with Crippen LogP contribution >= 0.6 is 0 Å². The maximum absolute atomic E-state index is 12.8. The quantitative estimate of drug-likeness (QED) is 0.113. The SMILES string of the molecule is O=C(O)c1cc([N+](=O)[O-])cc(S(=O)(=O)O)c1N=Nc1c(C(=O)O)[nH]n(-c2ccc(S(=O)(=O)O)cc2)c1=O. The van der Waals surface area contributed by atoms with Crippen molar-refractivity contribution in [2.45, 2.75) is 9.79 Å². The molecule has 0 atom stereocenters. The molecule has 0 saturated carbocycles. The summed E-state index contributed by atoms with van der Waals surface area (Å²) in [6.45, 7) is 0. The number of nitrogens with one attached hydrogen (secondary N) is 1. The third kappa shape index (κ3) is 5.40. The van der Waals surface area contributed by atoms with Crippen molar-refractivity contribution in [1.82, 2.24) is 9.78 Å². The molecule has 0 unspecified atom stereocenters. The van der Waals surface area contributed by atoms with Gasteiger partial charge in [-0.25, -0.2) is 14.3 Å². The highest BCUT2D eigenvalue weighted by molar-refractivity contribution is 7.86. The van der Waals surface area contributed by atoms with E-state index in [9.17, 15) is 56.1 Å². The van der Waals surface area contributed by atoms with Crippen molar-refractivity contribution < 1.29 is 50.7 Å². The van der Waals surface area contributed by atoms with Gasteiger partial charge in [0.15, 0.2) is 11.4 Å². The van der Waals surface area contributed by atoms with Crippen molar-refractivity contribution in [2.24, 2.45) is 10.2 Å². The third-order valence-electron chi connectivity index (χ3n) is 4.50. The number of hydrogen-bond acceptors (Lipinski definition) is 11. The van der Waals surface area contributed by atoms with Crippen LogP contribution in [-0.2, 0) is 20.2 Å². The molecule has 194 valence electrons. The number of nitro groups is 1. The Kier molecular flexibility index (Phi) is 6.77. The summed E-state index contributed by atoms with van der Waals surface area (Å²) in [7, 11) is -9.93. The number of carboxylic acids is 2. The topological polar surface area (TPSA) is 289 Å². The van der Waals surface area contributed by atoms with Gasteiger partial charge in [0.25, 0.3) is 31.5 Å². The molecule has 3 rings (SSSR count). The number of azo groups is 1. The van der Waals surface area contributed by atoms with Crippen LogP contribution in [0.25, 0.3) is 5.69 Å². The zero-order valence-electron chi connectivity index (χ0n) is 17.5. The van der Waals surface area contributed by atoms with Crippen molar-refractivity contribution in [3.8, 4) is 5.69 Å². The van der Waals surface area contributed by atoms with Crippen molar-refractivity contribution in [3.63, 3.8) is 0 Å². The summed E-state index contributed by atoms with van der Waals surface area (Å²) in [5, 5.41) is 38.6. The molecule has 0 aliphatic carbocycles. The molecule has 1 aromatic heterocycles. The molecule has 0 aliphatic rings. The van der Waals surface area contributed by atoms with Crippen LogP contribution < -0.4 is 5.56 Å². The summed E-state index contributed by atoms with van der Waals surface area (Å²) in [4.78, 5) is 44.0. The van der Waals surface area contributed by atoms with Gasteiger partial charge in [-0.2, -0.15) is 16.8 Å². The first kappa shape index (κ1) is 26.8. The van der Waals surface area contributed by atoms with Crippen LogP contribution in [0.1, 0.15) is 20.8 Å². The molecular formula is C17H11N5O13S2. The molecule has 3 aromatic rings. The monoisotopic (exact) mass is 557 g/mol. The summed E-state index contributed by atoms with van der Waals surface area (Å²) in [5.41, 5.74) is -6.65. The van der Waals surface area contributed by atoms with Crippen LogP contribution in [0.2, 0.25) is 0 Å². The summed E-state index contributed by atoms with van der Waals surface area (Å²) in [6, 6.07) is 4.45. The Hall–Kier alpha value is -4.79. The number of rotatable bonds is 8. The minimum Gasteiger partial charge on any atom is -0.478 e. The lowest BCUT2D eigenvalue weighted by molar-refractivity contribution is -0.385. The van der Waals surface area contributed by atoms with E-state index < -0.39 is 80.8 Å². The van der Waals surface area contributed by atoms with E-state index in [0.29, 0.717) is 10.7 Å². The predicted octanol–water partition coefficient (Wildman–Crippen LogP) is 1.38. The minimum atomic E-state index is -5.34. The largest absolute Gasteiger partial charge is 0.478 e. The molecule has 0 amide bonds. The number of aromatic nitrogens is 2. The number of non-ortho nitro benzene ring substituents is 1. The van der Waals surface area contributed by atoms with E-state index in [0.717, 1.165) is 24.3 Å². The Balaban J connectivity index is 2.25. The standard InChI is InChI=1S/C17H11N5O13S2/c23-15-13(14(17(26)27)20-21(15)7-1-3-9(4-2-7)36(30,31)32)19-18-12-10(16(24)25)5-8(22(28)29)6-11(12)37(33,34)35/h1-6,20H,(H,24,25)(H,26,27)(H,30,31,32)(H,33,34,35). The van der Waals surface area contributed by atoms with Gasteiger partial charge >= 0.3 is 11.9 Å². The summed E-state index contributed by atoms with van der Waals surface area (Å²) < 4.78 is 64.9. The van der Waals surface area contributed by atoms with Gasteiger partial charge in [-0.3, -0.25) is 29.1 Å². The molecule has 0 bridgehead atoms. The highest BCUT2D eigenvalue weighted by Gasteiger charge is 2.28. The molecular weight excluding hydrogens is 546 g/mol. The molecule has 0 fully saturated rings. The number of carbonyl (C=O) groups is 2. The molecule has 2 aromatic carbocycles. The van der Waals surface area contributed by atoms with Crippen LogP contribution in [0.4, 0.5) is 17.1 Å². The van der Waals surface area contributed by atoms with E-state index in [2.05, 4.69) is 15.3 Å². The van der Waals surface area contributed by atoms with E-state index in [1.54, 1.807) is 0 Å². The fourth-order valence-corrected chi connectivity index (χ4v) is 4.03. The fraction of sp³-hybridized carbons (Fsp3) is 0. The Morgan fingerprint density at radius 1 is 0.919 bits per heavy atom. The first-order valence-corrected chi connectivity index (χ1v) is 12.0. The lowest BCUT2D eigenvalue weighted by atomic mass is 10.1. The van der Waals surface area contributed by atoms with Gasteiger partial charge in [0, 0.05) is 12.1 Å². The highest BCUT2D eigenvalue weighted by atomic mass is 32.2. The average molecular weight is 557 g/mol. The zero-order chi connectivity index (χ0) is 27.9. The third-order valence-corrected chi connectivity index (χ3v) is 6.24. The number of hydrogen-bond donors (Lipinski definition) is 5. The molecule has 20 heteroatoms. The second-order valence-corrected chi connectivity index (χ2v) is 9.64. The van der Waals surface area contributed by atoms with E-state index in [1.165, 1.54) is 0 Å². The Labute approximate surface area is 203 Å². The molecule has 37 heavy (non-hydrogen) atoms. The smallest absolute Gasteiger partial charge is 0.356 e. The van der Waals surface area contributed by atoms with Gasteiger partial charge < -0.3 is 10.2 Å². The Morgan fingerprint density at radius 3 is 1.95 bits per heavy atom. The van der Waals surface area contributed by atoms with Crippen LogP contribution in [0.3, 0.4) is 0 Å². The first-order valence-electron chi connectivity index (χ1n) is 9.13. The highest BCUT2D eigenvalue weighted by Crippen LogP contribution is 2.34. The Morgan fingerprint density at radius 2 is 1.49 bits per heavy atom. The average Bonchev–Trinajstić information content (AvgIpc) is 3.12. The van der Waals surface area contributed by atoms with E-state index in [-0.39, 0.29) is 11.8 Å². The maximum atomic E-state index is 12.8. The molecule has 0 saturated heterocycles. The van der Waals surface area contributed by atoms with Gasteiger partial charge in [-0.05, 0) is 24.3 Å². The van der Waals surface area contributed by atoms with E-state index >= 15 is 0 Å². The summed E-state index contributed by atoms with van der Waals surface area (Å²) in [6.07, 6.45) is 0. The van der Waals surface area contributed by atoms with Gasteiger partial charge in [0.2, 0.25) is 0 Å². The molecule has 18 nitrogen and oxygen atoms in total. The number of benzene rings is 2. The molecule has 1 heterocycles. The normalized spacial score (nSPS) is 12.1. The number of nitrogens with zero attached hydrogens (tertiary/aromatic N) is 4. The van der Waals surface area contributed by atoms with E-state index in [1.807, 2.05) is 0 Å². The molecule has 5 N–H and O–H groups in total. The first-order chi connectivity index (χ1) is 17.0. The van der Waals surface area contributed by atoms with Crippen molar-refractivity contribution in [2.75, 3.05) is 0 Å². The van der Waals surface area contributed by atoms with Crippen LogP contribution in [0, 0.1) is 10.1 Å². The molecule has 0 radical (unpaired) electrons. The number of H-pyrrole nitrogens is 1. The zero-order valence-corrected chi connectivity index (χ0v) is 19.2. The van der Waals surface area contributed by atoms with Crippen molar-refractivity contribution >= 4 is 49.2 Å². The second kappa shape index (κ2) is 9.34. The number of nitro benzene ring substituents is 1. The molecule has 0 spiro atoms. The van der Waals surface area contributed by atoms with E-state index in [4.69, 9.17) is 4.55 Å². The lowest BCUT2D eigenvalue weighted by Gasteiger charge is -2.05. The fourth-order valence-electron chi connectivity index (χ4n) is 2.88. The Bertz CT molecular complexity index is 1770. The van der Waals surface area contributed by atoms with Crippen molar-refractivity contribution in [3.05, 3.63) is 68.1 Å². The van der Waals surface area contributed by atoms with Gasteiger partial charge in [0.1, 0.15) is 10.6 Å². The van der Waals surface area contributed by atoms with Gasteiger partial charge in [-0.15, -0.1) is 10.2 Å². The van der Waals surface area contributed by atoms with Gasteiger partial charge in [-0.1, -0.05) is 0 Å². The summed E-state index contributed by atoms with van der Waals surface area (Å²) in [5.74, 6) is -3.72. The lowest BCUT2D eigenvalue weighted by Crippen LogP contribution is -2.14. The minimum absolute atomic E-state index is 0.151. The number of carboxylic acid groups (broad SMARTS) is 2. The van der Waals surface area contributed by atoms with Crippen LogP contribution in [0.15, 0.2) is 61.2 Å². The number of aromatic carboxylic acids is 2. The van der Waals surface area contributed by atoms with Crippen LogP contribution in [0.5, 0.6) is 0 Å². The second-order valence-electron chi connectivity index (χ2n) is 6.83.